The van der Waals surface area contributed by atoms with E-state index in [1.165, 1.54) is 5.56 Å². The van der Waals surface area contributed by atoms with E-state index < -0.39 is 0 Å². The molecular weight excluding hydrogens is 238 g/mol. The maximum Gasteiger partial charge on any atom is 0.225 e. The molecule has 0 spiro atoms. The van der Waals surface area contributed by atoms with Crippen LogP contribution >= 0.6 is 0 Å². The Labute approximate surface area is 111 Å². The third-order valence-electron chi connectivity index (χ3n) is 2.97. The molecule has 0 aliphatic heterocycles. The number of anilines is 1. The van der Waals surface area contributed by atoms with Crippen molar-refractivity contribution in [1.29, 1.82) is 0 Å². The molecule has 0 unspecified atom stereocenters. The Hall–Kier alpha value is -2.43. The molecule has 5 nitrogen and oxygen atoms in total. The molecule has 0 saturated heterocycles. The molecule has 0 fully saturated rings. The molecule has 96 valence electrons. The summed E-state index contributed by atoms with van der Waals surface area (Å²) in [4.78, 5) is 18.3. The van der Waals surface area contributed by atoms with E-state index in [9.17, 15) is 0 Å². The van der Waals surface area contributed by atoms with Gasteiger partial charge in [-0.25, -0.2) is 15.0 Å². The highest BCUT2D eigenvalue weighted by molar-refractivity contribution is 5.75. The summed E-state index contributed by atoms with van der Waals surface area (Å²) in [7, 11) is 1.95. The molecule has 1 aromatic carbocycles. The van der Waals surface area contributed by atoms with Crippen molar-refractivity contribution in [1.82, 2.24) is 19.9 Å². The molecule has 0 aliphatic rings. The van der Waals surface area contributed by atoms with Gasteiger partial charge in [0.2, 0.25) is 5.95 Å². The highest BCUT2D eigenvalue weighted by Crippen LogP contribution is 2.15. The fraction of sp³-hybridized carbons (Fsp3) is 0.214. The zero-order valence-electron chi connectivity index (χ0n) is 11.0. The summed E-state index contributed by atoms with van der Waals surface area (Å²) in [6.45, 7) is 2.72. The smallest absolute Gasteiger partial charge is 0.225 e. The van der Waals surface area contributed by atoms with Crippen LogP contribution < -0.4 is 4.90 Å². The van der Waals surface area contributed by atoms with Gasteiger partial charge in [-0.3, -0.25) is 0 Å². The number of fused-ring (bicyclic) bond motifs is 1. The van der Waals surface area contributed by atoms with Crippen LogP contribution in [0.15, 0.2) is 36.7 Å². The van der Waals surface area contributed by atoms with Gasteiger partial charge in [0.1, 0.15) is 5.82 Å². The van der Waals surface area contributed by atoms with Gasteiger partial charge in [0.15, 0.2) is 0 Å². The molecule has 0 bridgehead atoms. The number of aromatic amines is 1. The summed E-state index contributed by atoms with van der Waals surface area (Å²) < 4.78 is 0. The summed E-state index contributed by atoms with van der Waals surface area (Å²) in [5, 5.41) is 0. The zero-order valence-corrected chi connectivity index (χ0v) is 11.0. The van der Waals surface area contributed by atoms with Crippen molar-refractivity contribution in [3.63, 3.8) is 0 Å². The first-order chi connectivity index (χ1) is 9.22. The molecule has 19 heavy (non-hydrogen) atoms. The second-order valence-electron chi connectivity index (χ2n) is 4.61. The summed E-state index contributed by atoms with van der Waals surface area (Å²) >= 11 is 0. The molecule has 3 rings (SSSR count). The molecular formula is C14H15N5. The van der Waals surface area contributed by atoms with Crippen molar-refractivity contribution >= 4 is 17.0 Å². The Morgan fingerprint density at radius 3 is 2.79 bits per heavy atom. The number of rotatable bonds is 3. The van der Waals surface area contributed by atoms with Gasteiger partial charge >= 0.3 is 0 Å². The largest absolute Gasteiger partial charge is 0.340 e. The minimum absolute atomic E-state index is 0.651. The number of aromatic nitrogens is 4. The minimum Gasteiger partial charge on any atom is -0.340 e. The third kappa shape index (κ3) is 2.40. The molecule has 0 radical (unpaired) electrons. The van der Waals surface area contributed by atoms with E-state index in [2.05, 4.69) is 39.0 Å². The Kier molecular flexibility index (Phi) is 2.87. The first-order valence-electron chi connectivity index (χ1n) is 6.16. The summed E-state index contributed by atoms with van der Waals surface area (Å²) in [6, 6.07) is 8.01. The van der Waals surface area contributed by atoms with Crippen LogP contribution in [0.2, 0.25) is 0 Å². The monoisotopic (exact) mass is 253 g/mol. The van der Waals surface area contributed by atoms with Gasteiger partial charge in [-0.2, -0.15) is 0 Å². The summed E-state index contributed by atoms with van der Waals surface area (Å²) in [6.07, 6.45) is 3.47. The summed E-state index contributed by atoms with van der Waals surface area (Å²) in [5.41, 5.74) is 3.28. The van der Waals surface area contributed by atoms with Crippen LogP contribution in [0.3, 0.4) is 0 Å². The highest BCUT2D eigenvalue weighted by atomic mass is 15.2. The average molecular weight is 253 g/mol. The average Bonchev–Trinajstić information content (AvgIpc) is 2.81. The van der Waals surface area contributed by atoms with Gasteiger partial charge in [-0.05, 0) is 30.7 Å². The number of hydrogen-bond donors (Lipinski definition) is 1. The third-order valence-corrected chi connectivity index (χ3v) is 2.97. The Morgan fingerprint density at radius 2 is 2.00 bits per heavy atom. The Morgan fingerprint density at radius 1 is 1.21 bits per heavy atom. The van der Waals surface area contributed by atoms with E-state index in [1.54, 1.807) is 18.5 Å². The van der Waals surface area contributed by atoms with Crippen LogP contribution in [0, 0.1) is 6.92 Å². The standard InChI is InChI=1S/C14H15N5/c1-10-4-5-11-12(8-10)18-13(17-11)9-19(2)14-15-6-3-7-16-14/h3-8H,9H2,1-2H3,(H,17,18). The molecule has 0 saturated carbocycles. The maximum atomic E-state index is 4.57. The molecule has 0 atom stereocenters. The lowest BCUT2D eigenvalue weighted by molar-refractivity contribution is 0.825. The fourth-order valence-corrected chi connectivity index (χ4v) is 2.03. The van der Waals surface area contributed by atoms with Crippen LogP contribution in [0.4, 0.5) is 5.95 Å². The van der Waals surface area contributed by atoms with Crippen molar-refractivity contribution in [2.24, 2.45) is 0 Å². The second-order valence-corrected chi connectivity index (χ2v) is 4.61. The topological polar surface area (TPSA) is 57.7 Å². The normalized spacial score (nSPS) is 10.8. The second kappa shape index (κ2) is 4.68. The number of aryl methyl sites for hydroxylation is 1. The quantitative estimate of drug-likeness (QED) is 0.778. The van der Waals surface area contributed by atoms with Gasteiger partial charge in [0.05, 0.1) is 17.6 Å². The Bertz CT molecular complexity index is 689. The molecule has 2 heterocycles. The van der Waals surface area contributed by atoms with Crippen LogP contribution in [0.5, 0.6) is 0 Å². The van der Waals surface area contributed by atoms with Gasteiger partial charge in [0.25, 0.3) is 0 Å². The fourth-order valence-electron chi connectivity index (χ4n) is 2.03. The number of nitrogens with zero attached hydrogens (tertiary/aromatic N) is 4. The highest BCUT2D eigenvalue weighted by Gasteiger charge is 2.08. The maximum absolute atomic E-state index is 4.57. The predicted octanol–water partition coefficient (Wildman–Crippen LogP) is 2.30. The number of benzene rings is 1. The predicted molar refractivity (Wildman–Crippen MR) is 75.0 cm³/mol. The lowest BCUT2D eigenvalue weighted by atomic mass is 10.2. The lowest BCUT2D eigenvalue weighted by Gasteiger charge is -2.14. The van der Waals surface area contributed by atoms with E-state index in [0.717, 1.165) is 16.9 Å². The van der Waals surface area contributed by atoms with Crippen molar-refractivity contribution in [2.45, 2.75) is 13.5 Å². The SMILES string of the molecule is Cc1ccc2nc(CN(C)c3ncccn3)[nH]c2c1. The van der Waals surface area contributed by atoms with E-state index in [0.29, 0.717) is 12.5 Å². The van der Waals surface area contributed by atoms with Crippen LogP contribution in [-0.2, 0) is 6.54 Å². The first-order valence-corrected chi connectivity index (χ1v) is 6.16. The minimum atomic E-state index is 0.651. The zero-order chi connectivity index (χ0) is 13.2. The van der Waals surface area contributed by atoms with E-state index in [-0.39, 0.29) is 0 Å². The van der Waals surface area contributed by atoms with Gasteiger partial charge in [-0.15, -0.1) is 0 Å². The lowest BCUT2D eigenvalue weighted by Crippen LogP contribution is -2.19. The van der Waals surface area contributed by atoms with Gasteiger partial charge in [-0.1, -0.05) is 6.07 Å². The number of imidazole rings is 1. The van der Waals surface area contributed by atoms with E-state index in [1.807, 2.05) is 18.0 Å². The van der Waals surface area contributed by atoms with Gasteiger partial charge in [0, 0.05) is 19.4 Å². The first kappa shape index (κ1) is 11.6. The molecule has 2 aromatic heterocycles. The molecule has 0 amide bonds. The van der Waals surface area contributed by atoms with Crippen LogP contribution in [0.25, 0.3) is 11.0 Å². The van der Waals surface area contributed by atoms with Crippen LogP contribution in [0.1, 0.15) is 11.4 Å². The van der Waals surface area contributed by atoms with Crippen molar-refractivity contribution in [3.05, 3.63) is 48.0 Å². The number of H-pyrrole nitrogens is 1. The summed E-state index contributed by atoms with van der Waals surface area (Å²) in [5.74, 6) is 1.61. The molecule has 3 aromatic rings. The van der Waals surface area contributed by atoms with E-state index >= 15 is 0 Å². The van der Waals surface area contributed by atoms with Crippen molar-refractivity contribution in [3.8, 4) is 0 Å². The number of hydrogen-bond acceptors (Lipinski definition) is 4. The van der Waals surface area contributed by atoms with Gasteiger partial charge < -0.3 is 9.88 Å². The number of nitrogens with one attached hydrogen (secondary N) is 1. The molecule has 1 N–H and O–H groups in total. The van der Waals surface area contributed by atoms with Crippen molar-refractivity contribution < 1.29 is 0 Å². The Balaban J connectivity index is 1.85. The van der Waals surface area contributed by atoms with Crippen LogP contribution in [-0.4, -0.2) is 27.0 Å². The van der Waals surface area contributed by atoms with Crippen molar-refractivity contribution in [2.75, 3.05) is 11.9 Å². The molecule has 5 heteroatoms. The van der Waals surface area contributed by atoms with E-state index in [4.69, 9.17) is 0 Å². The molecule has 0 aliphatic carbocycles.